The van der Waals surface area contributed by atoms with Crippen molar-refractivity contribution in [2.75, 3.05) is 0 Å². The van der Waals surface area contributed by atoms with Gasteiger partial charge in [-0.3, -0.25) is 9.59 Å². The Balaban J connectivity index is 2.03. The molecule has 0 radical (unpaired) electrons. The van der Waals surface area contributed by atoms with Gasteiger partial charge in [-0.25, -0.2) is 0 Å². The van der Waals surface area contributed by atoms with Gasteiger partial charge in [0.15, 0.2) is 0 Å². The third-order valence-corrected chi connectivity index (χ3v) is 4.24. The summed E-state index contributed by atoms with van der Waals surface area (Å²) in [5.41, 5.74) is 0.206. The molecule has 2 heteroatoms. The Morgan fingerprint density at radius 1 is 1.40 bits per heavy atom. The number of Topliss-reactive ketones (excluding diaryl/α,β-unsaturated/α-hetero) is 2. The van der Waals surface area contributed by atoms with Crippen LogP contribution in [0.2, 0.25) is 0 Å². The van der Waals surface area contributed by atoms with Crippen LogP contribution in [0, 0.1) is 23.2 Å². The third kappa shape index (κ3) is 1.99. The minimum atomic E-state index is 0.0259. The molecular weight excluding hydrogens is 188 g/mol. The zero-order chi connectivity index (χ0) is 11.2. The Labute approximate surface area is 91.4 Å². The SMILES string of the molecule is CC1CCC(=O)CC1C(=O)C1CC1(C)C. The van der Waals surface area contributed by atoms with Gasteiger partial charge in [-0.1, -0.05) is 20.8 Å². The highest BCUT2D eigenvalue weighted by Crippen LogP contribution is 2.54. The Bertz CT molecular complexity index is 304. The van der Waals surface area contributed by atoms with E-state index in [1.807, 2.05) is 0 Å². The molecule has 0 aromatic heterocycles. The highest BCUT2D eigenvalue weighted by atomic mass is 16.1. The van der Waals surface area contributed by atoms with E-state index in [-0.39, 0.29) is 23.0 Å². The van der Waals surface area contributed by atoms with E-state index < -0.39 is 0 Å². The average molecular weight is 208 g/mol. The van der Waals surface area contributed by atoms with Gasteiger partial charge in [0.25, 0.3) is 0 Å². The maximum absolute atomic E-state index is 12.2. The highest BCUT2D eigenvalue weighted by Gasteiger charge is 2.52. The van der Waals surface area contributed by atoms with E-state index in [2.05, 4.69) is 20.8 Å². The van der Waals surface area contributed by atoms with Crippen molar-refractivity contribution >= 4 is 11.6 Å². The minimum absolute atomic E-state index is 0.0259. The first kappa shape index (κ1) is 10.8. The molecule has 84 valence electrons. The summed E-state index contributed by atoms with van der Waals surface area (Å²) in [7, 11) is 0. The summed E-state index contributed by atoms with van der Waals surface area (Å²) in [5, 5.41) is 0. The minimum Gasteiger partial charge on any atom is -0.300 e. The van der Waals surface area contributed by atoms with Gasteiger partial charge in [0.2, 0.25) is 0 Å². The standard InChI is InChI=1S/C13H20O2/c1-8-4-5-9(14)6-10(8)12(15)11-7-13(11,2)3/h8,10-11H,4-7H2,1-3H3. The van der Waals surface area contributed by atoms with Gasteiger partial charge in [0.05, 0.1) is 0 Å². The molecule has 2 fully saturated rings. The quantitative estimate of drug-likeness (QED) is 0.699. The Morgan fingerprint density at radius 2 is 2.00 bits per heavy atom. The first-order valence-electron chi connectivity index (χ1n) is 5.97. The van der Waals surface area contributed by atoms with E-state index >= 15 is 0 Å². The van der Waals surface area contributed by atoms with Crippen LogP contribution in [0.3, 0.4) is 0 Å². The molecule has 0 bridgehead atoms. The van der Waals surface area contributed by atoms with E-state index in [4.69, 9.17) is 0 Å². The molecule has 15 heavy (non-hydrogen) atoms. The predicted molar refractivity (Wildman–Crippen MR) is 58.4 cm³/mol. The lowest BCUT2D eigenvalue weighted by Gasteiger charge is -2.27. The van der Waals surface area contributed by atoms with Crippen molar-refractivity contribution in [1.82, 2.24) is 0 Å². The molecule has 2 aliphatic carbocycles. The van der Waals surface area contributed by atoms with Crippen molar-refractivity contribution in [3.8, 4) is 0 Å². The topological polar surface area (TPSA) is 34.1 Å². The van der Waals surface area contributed by atoms with E-state index in [1.54, 1.807) is 0 Å². The summed E-state index contributed by atoms with van der Waals surface area (Å²) < 4.78 is 0. The predicted octanol–water partition coefficient (Wildman–Crippen LogP) is 2.61. The number of rotatable bonds is 2. The smallest absolute Gasteiger partial charge is 0.140 e. The molecule has 2 nitrogen and oxygen atoms in total. The molecule has 0 heterocycles. The fourth-order valence-electron chi connectivity index (χ4n) is 2.73. The van der Waals surface area contributed by atoms with Crippen molar-refractivity contribution in [2.24, 2.45) is 23.2 Å². The van der Waals surface area contributed by atoms with Gasteiger partial charge in [0, 0.05) is 24.7 Å². The van der Waals surface area contributed by atoms with Crippen molar-refractivity contribution in [3.63, 3.8) is 0 Å². The van der Waals surface area contributed by atoms with Gasteiger partial charge in [-0.15, -0.1) is 0 Å². The molecule has 3 unspecified atom stereocenters. The molecule has 3 atom stereocenters. The molecule has 0 spiro atoms. The molecular formula is C13H20O2. The second kappa shape index (κ2) is 3.43. The highest BCUT2D eigenvalue weighted by molar-refractivity contribution is 5.92. The second-order valence-corrected chi connectivity index (χ2v) is 6.01. The van der Waals surface area contributed by atoms with Crippen LogP contribution in [0.1, 0.15) is 46.5 Å². The Hall–Kier alpha value is -0.660. The number of carbonyl (C=O) groups excluding carboxylic acids is 2. The van der Waals surface area contributed by atoms with Crippen LogP contribution in [-0.2, 0) is 9.59 Å². The van der Waals surface area contributed by atoms with E-state index in [1.165, 1.54) is 0 Å². The summed E-state index contributed by atoms with van der Waals surface area (Å²) >= 11 is 0. The second-order valence-electron chi connectivity index (χ2n) is 6.01. The summed E-state index contributed by atoms with van der Waals surface area (Å²) in [4.78, 5) is 23.6. The normalized spacial score (nSPS) is 38.9. The van der Waals surface area contributed by atoms with Gasteiger partial charge < -0.3 is 0 Å². The summed E-state index contributed by atoms with van der Waals surface area (Å²) in [6.45, 7) is 6.40. The van der Waals surface area contributed by atoms with Gasteiger partial charge in [0.1, 0.15) is 11.6 Å². The van der Waals surface area contributed by atoms with E-state index in [9.17, 15) is 9.59 Å². The average Bonchev–Trinajstić information content (AvgIpc) is 2.78. The molecule has 2 saturated carbocycles. The first-order valence-corrected chi connectivity index (χ1v) is 5.97. The van der Waals surface area contributed by atoms with Crippen LogP contribution >= 0.6 is 0 Å². The lowest BCUT2D eigenvalue weighted by atomic mass is 9.76. The van der Waals surface area contributed by atoms with Gasteiger partial charge >= 0.3 is 0 Å². The van der Waals surface area contributed by atoms with E-state index in [0.29, 0.717) is 24.5 Å². The molecule has 2 aliphatic rings. The van der Waals surface area contributed by atoms with Crippen LogP contribution in [0.25, 0.3) is 0 Å². The molecule has 0 aliphatic heterocycles. The van der Waals surface area contributed by atoms with E-state index in [0.717, 1.165) is 12.8 Å². The molecule has 0 amide bonds. The summed E-state index contributed by atoms with van der Waals surface area (Å²) in [5.74, 6) is 1.31. The third-order valence-electron chi connectivity index (χ3n) is 4.24. The Kier molecular flexibility index (Phi) is 2.48. The largest absolute Gasteiger partial charge is 0.300 e. The lowest BCUT2D eigenvalue weighted by Crippen LogP contribution is -2.31. The fraction of sp³-hybridized carbons (Fsp3) is 0.846. The van der Waals surface area contributed by atoms with Crippen molar-refractivity contribution in [2.45, 2.75) is 46.5 Å². The number of ketones is 2. The first-order chi connectivity index (χ1) is 6.92. The van der Waals surface area contributed by atoms with Crippen LogP contribution in [0.5, 0.6) is 0 Å². The van der Waals surface area contributed by atoms with Crippen LogP contribution in [-0.4, -0.2) is 11.6 Å². The van der Waals surface area contributed by atoms with Gasteiger partial charge in [-0.2, -0.15) is 0 Å². The number of hydrogen-bond donors (Lipinski definition) is 0. The summed E-state index contributed by atoms with van der Waals surface area (Å²) in [6, 6.07) is 0. The van der Waals surface area contributed by atoms with Crippen LogP contribution < -0.4 is 0 Å². The molecule has 2 rings (SSSR count). The molecule has 0 N–H and O–H groups in total. The number of carbonyl (C=O) groups is 2. The monoisotopic (exact) mass is 208 g/mol. The molecule has 0 aromatic carbocycles. The Morgan fingerprint density at radius 3 is 2.53 bits per heavy atom. The zero-order valence-electron chi connectivity index (χ0n) is 9.88. The molecule has 0 saturated heterocycles. The van der Waals surface area contributed by atoms with Crippen molar-refractivity contribution in [1.29, 1.82) is 0 Å². The molecule has 0 aromatic rings. The van der Waals surface area contributed by atoms with Crippen LogP contribution in [0.15, 0.2) is 0 Å². The van der Waals surface area contributed by atoms with Crippen molar-refractivity contribution < 1.29 is 9.59 Å². The lowest BCUT2D eigenvalue weighted by molar-refractivity contribution is -0.133. The fourth-order valence-corrected chi connectivity index (χ4v) is 2.73. The maximum Gasteiger partial charge on any atom is 0.140 e. The zero-order valence-corrected chi connectivity index (χ0v) is 9.88. The number of hydrogen-bond acceptors (Lipinski definition) is 2. The van der Waals surface area contributed by atoms with Crippen molar-refractivity contribution in [3.05, 3.63) is 0 Å². The van der Waals surface area contributed by atoms with Crippen LogP contribution in [0.4, 0.5) is 0 Å². The summed E-state index contributed by atoms with van der Waals surface area (Å²) in [6.07, 6.45) is 3.11. The van der Waals surface area contributed by atoms with Gasteiger partial charge in [-0.05, 0) is 24.2 Å². The maximum atomic E-state index is 12.2.